The Bertz CT molecular complexity index is 943. The monoisotopic (exact) mass is 387 g/mol. The molecular weight excluding hydrogens is 362 g/mol. The van der Waals surface area contributed by atoms with E-state index in [1.165, 1.54) is 6.26 Å². The van der Waals surface area contributed by atoms with Crippen LogP contribution >= 0.6 is 0 Å². The molecule has 1 heterocycles. The van der Waals surface area contributed by atoms with E-state index in [9.17, 15) is 13.2 Å². The first-order valence-electron chi connectivity index (χ1n) is 8.87. The van der Waals surface area contributed by atoms with E-state index in [-0.39, 0.29) is 17.8 Å². The summed E-state index contributed by atoms with van der Waals surface area (Å²) in [5.74, 6) is -0.107. The fourth-order valence-electron chi connectivity index (χ4n) is 3.46. The molecule has 1 N–H and O–H groups in total. The molecule has 2 amide bonds. The Kier molecular flexibility index (Phi) is 5.41. The molecule has 0 radical (unpaired) electrons. The molecule has 27 heavy (non-hydrogen) atoms. The molecule has 1 aliphatic rings. The van der Waals surface area contributed by atoms with Gasteiger partial charge < -0.3 is 15.1 Å². The zero-order chi connectivity index (χ0) is 19.6. The molecule has 2 aromatic carbocycles. The van der Waals surface area contributed by atoms with Gasteiger partial charge in [-0.3, -0.25) is 0 Å². The van der Waals surface area contributed by atoms with Crippen LogP contribution in [0.5, 0.6) is 0 Å². The van der Waals surface area contributed by atoms with Crippen LogP contribution in [0.25, 0.3) is 0 Å². The van der Waals surface area contributed by atoms with Crippen molar-refractivity contribution in [1.29, 1.82) is 0 Å². The van der Waals surface area contributed by atoms with Gasteiger partial charge in [0.1, 0.15) is 0 Å². The lowest BCUT2D eigenvalue weighted by Gasteiger charge is -2.29. The van der Waals surface area contributed by atoms with Crippen LogP contribution in [0.3, 0.4) is 0 Å². The average Bonchev–Trinajstić information content (AvgIpc) is 2.72. The zero-order valence-corrected chi connectivity index (χ0v) is 16.7. The number of nitrogens with zero attached hydrogens (tertiary/aromatic N) is 2. The SMILES string of the molecule is C[C@H]1CN(C)c2ccccc2CN1C(=O)Nc1ccccc1CS(C)(=O)=O. The minimum absolute atomic E-state index is 0.00414. The van der Waals surface area contributed by atoms with Crippen LogP contribution in [-0.2, 0) is 22.1 Å². The van der Waals surface area contributed by atoms with Crippen LogP contribution in [0.1, 0.15) is 18.1 Å². The van der Waals surface area contributed by atoms with Gasteiger partial charge in [0, 0.05) is 43.8 Å². The first kappa shape index (κ1) is 19.2. The number of hydrogen-bond acceptors (Lipinski definition) is 4. The van der Waals surface area contributed by atoms with Crippen molar-refractivity contribution in [1.82, 2.24) is 4.90 Å². The van der Waals surface area contributed by atoms with Gasteiger partial charge in [0.2, 0.25) is 0 Å². The number of carbonyl (C=O) groups excluding carboxylic acids is 1. The predicted octanol–water partition coefficient (Wildman–Crippen LogP) is 3.10. The van der Waals surface area contributed by atoms with E-state index < -0.39 is 9.84 Å². The van der Waals surface area contributed by atoms with E-state index in [1.54, 1.807) is 29.2 Å². The number of sulfone groups is 1. The van der Waals surface area contributed by atoms with Crippen molar-refractivity contribution in [3.05, 3.63) is 59.7 Å². The fourth-order valence-corrected chi connectivity index (χ4v) is 4.28. The third-order valence-electron chi connectivity index (χ3n) is 4.75. The highest BCUT2D eigenvalue weighted by atomic mass is 32.2. The first-order valence-corrected chi connectivity index (χ1v) is 10.9. The van der Waals surface area contributed by atoms with Gasteiger partial charge in [-0.25, -0.2) is 13.2 Å². The second kappa shape index (κ2) is 7.60. The van der Waals surface area contributed by atoms with Crippen molar-refractivity contribution in [2.45, 2.75) is 25.3 Å². The van der Waals surface area contributed by atoms with Crippen LogP contribution in [0.15, 0.2) is 48.5 Å². The Labute approximate surface area is 160 Å². The molecule has 0 saturated carbocycles. The Hall–Kier alpha value is -2.54. The minimum atomic E-state index is -3.20. The molecule has 1 atom stereocenters. The van der Waals surface area contributed by atoms with Crippen LogP contribution < -0.4 is 10.2 Å². The molecule has 7 heteroatoms. The first-order chi connectivity index (χ1) is 12.7. The number of hydrogen-bond donors (Lipinski definition) is 1. The Morgan fingerprint density at radius 2 is 1.81 bits per heavy atom. The molecule has 2 aromatic rings. The van der Waals surface area contributed by atoms with E-state index in [0.717, 1.165) is 17.8 Å². The topological polar surface area (TPSA) is 69.7 Å². The zero-order valence-electron chi connectivity index (χ0n) is 15.8. The number of para-hydroxylation sites is 2. The summed E-state index contributed by atoms with van der Waals surface area (Å²) in [5.41, 5.74) is 3.33. The summed E-state index contributed by atoms with van der Waals surface area (Å²) >= 11 is 0. The maximum absolute atomic E-state index is 13.0. The summed E-state index contributed by atoms with van der Waals surface area (Å²) < 4.78 is 23.4. The number of benzene rings is 2. The quantitative estimate of drug-likeness (QED) is 0.879. The molecule has 0 aromatic heterocycles. The molecule has 6 nitrogen and oxygen atoms in total. The Morgan fingerprint density at radius 1 is 1.15 bits per heavy atom. The van der Waals surface area contributed by atoms with Gasteiger partial charge in [-0.1, -0.05) is 36.4 Å². The van der Waals surface area contributed by atoms with E-state index in [2.05, 4.69) is 16.3 Å². The van der Waals surface area contributed by atoms with Crippen LogP contribution in [0, 0.1) is 0 Å². The predicted molar refractivity (Wildman–Crippen MR) is 109 cm³/mol. The summed E-state index contributed by atoms with van der Waals surface area (Å²) in [4.78, 5) is 17.0. The number of likely N-dealkylation sites (N-methyl/N-ethyl adjacent to an activating group) is 1. The number of anilines is 2. The smallest absolute Gasteiger partial charge is 0.322 e. The van der Waals surface area contributed by atoms with Gasteiger partial charge in [-0.05, 0) is 30.2 Å². The van der Waals surface area contributed by atoms with E-state index in [4.69, 9.17) is 0 Å². The van der Waals surface area contributed by atoms with Gasteiger partial charge in [0.25, 0.3) is 0 Å². The normalized spacial score (nSPS) is 17.2. The van der Waals surface area contributed by atoms with E-state index >= 15 is 0 Å². The fraction of sp³-hybridized carbons (Fsp3) is 0.350. The highest BCUT2D eigenvalue weighted by molar-refractivity contribution is 7.89. The summed E-state index contributed by atoms with van der Waals surface area (Å²) in [5, 5.41) is 2.91. The lowest BCUT2D eigenvalue weighted by molar-refractivity contribution is 0.192. The lowest BCUT2D eigenvalue weighted by atomic mass is 10.1. The molecule has 0 fully saturated rings. The molecule has 0 unspecified atom stereocenters. The number of amides is 2. The third kappa shape index (κ3) is 4.60. The molecule has 0 spiro atoms. The summed E-state index contributed by atoms with van der Waals surface area (Å²) in [6.45, 7) is 3.24. The minimum Gasteiger partial charge on any atom is -0.372 e. The van der Waals surface area contributed by atoms with Gasteiger partial charge in [0.05, 0.1) is 5.75 Å². The van der Waals surface area contributed by atoms with Gasteiger partial charge in [0.15, 0.2) is 9.84 Å². The average molecular weight is 388 g/mol. The van der Waals surface area contributed by atoms with Crippen molar-refractivity contribution < 1.29 is 13.2 Å². The number of carbonyl (C=O) groups is 1. The number of urea groups is 1. The maximum atomic E-state index is 13.0. The lowest BCUT2D eigenvalue weighted by Crippen LogP contribution is -2.44. The third-order valence-corrected chi connectivity index (χ3v) is 5.59. The number of fused-ring (bicyclic) bond motifs is 1. The molecule has 144 valence electrons. The van der Waals surface area contributed by atoms with Crippen molar-refractivity contribution in [2.75, 3.05) is 30.1 Å². The Balaban J connectivity index is 1.84. The molecule has 1 aliphatic heterocycles. The van der Waals surface area contributed by atoms with E-state index in [1.807, 2.05) is 32.2 Å². The number of rotatable bonds is 3. The largest absolute Gasteiger partial charge is 0.372 e. The molecule has 0 aliphatic carbocycles. The standard InChI is InChI=1S/C20H25N3O3S/c1-15-12-22(2)19-11-7-5-8-16(19)13-23(15)20(24)21-18-10-6-4-9-17(18)14-27(3,25)26/h4-11,15H,12-14H2,1-3H3,(H,21,24)/t15-/m0/s1. The van der Waals surface area contributed by atoms with Crippen LogP contribution in [0.4, 0.5) is 16.2 Å². The van der Waals surface area contributed by atoms with Crippen molar-refractivity contribution >= 4 is 27.2 Å². The summed E-state index contributed by atoms with van der Waals surface area (Å²) in [6.07, 6.45) is 1.19. The van der Waals surface area contributed by atoms with E-state index in [0.29, 0.717) is 17.8 Å². The van der Waals surface area contributed by atoms with Crippen molar-refractivity contribution in [3.8, 4) is 0 Å². The van der Waals surface area contributed by atoms with Crippen molar-refractivity contribution in [2.24, 2.45) is 0 Å². The van der Waals surface area contributed by atoms with Crippen molar-refractivity contribution in [3.63, 3.8) is 0 Å². The summed E-state index contributed by atoms with van der Waals surface area (Å²) in [7, 11) is -1.17. The second-order valence-electron chi connectivity index (χ2n) is 7.14. The second-order valence-corrected chi connectivity index (χ2v) is 9.28. The van der Waals surface area contributed by atoms with Gasteiger partial charge in [-0.2, -0.15) is 0 Å². The Morgan fingerprint density at radius 3 is 2.56 bits per heavy atom. The van der Waals surface area contributed by atoms with Crippen LogP contribution in [0.2, 0.25) is 0 Å². The molecule has 3 rings (SSSR count). The highest BCUT2D eigenvalue weighted by Gasteiger charge is 2.27. The van der Waals surface area contributed by atoms with Gasteiger partial charge >= 0.3 is 6.03 Å². The van der Waals surface area contributed by atoms with Gasteiger partial charge in [-0.15, -0.1) is 0 Å². The number of nitrogens with one attached hydrogen (secondary N) is 1. The van der Waals surface area contributed by atoms with Crippen LogP contribution in [-0.4, -0.2) is 45.2 Å². The maximum Gasteiger partial charge on any atom is 0.322 e. The summed E-state index contributed by atoms with van der Waals surface area (Å²) in [6, 6.07) is 14.9. The highest BCUT2D eigenvalue weighted by Crippen LogP contribution is 2.27. The molecular formula is C20H25N3O3S. The molecule has 0 bridgehead atoms. The molecule has 0 saturated heterocycles.